The van der Waals surface area contributed by atoms with Crippen molar-refractivity contribution in [3.05, 3.63) is 71.2 Å². The van der Waals surface area contributed by atoms with Crippen molar-refractivity contribution < 1.29 is 4.39 Å². The van der Waals surface area contributed by atoms with Crippen LogP contribution in [0.4, 0.5) is 4.39 Å². The molecule has 1 saturated carbocycles. The van der Waals surface area contributed by atoms with Crippen LogP contribution in [-0.2, 0) is 6.42 Å². The van der Waals surface area contributed by atoms with Crippen molar-refractivity contribution in [1.29, 1.82) is 0 Å². The van der Waals surface area contributed by atoms with Gasteiger partial charge in [0.2, 0.25) is 0 Å². The molecule has 2 aromatic carbocycles. The second-order valence-electron chi connectivity index (χ2n) is 7.73. The number of aromatic nitrogens is 1. The second-order valence-corrected chi connectivity index (χ2v) is 7.73. The molecule has 2 atom stereocenters. The highest BCUT2D eigenvalue weighted by Gasteiger charge is 2.23. The van der Waals surface area contributed by atoms with Crippen LogP contribution in [0.3, 0.4) is 0 Å². The lowest BCUT2D eigenvalue weighted by Crippen LogP contribution is -2.08. The molecule has 130 valence electrons. The zero-order valence-electron chi connectivity index (χ0n) is 14.9. The minimum absolute atomic E-state index is 0.143. The summed E-state index contributed by atoms with van der Waals surface area (Å²) in [4.78, 5) is 3.66. The van der Waals surface area contributed by atoms with Gasteiger partial charge >= 0.3 is 0 Å². The first-order chi connectivity index (χ1) is 12.2. The van der Waals surface area contributed by atoms with Crippen LogP contribution in [0.15, 0.2) is 48.5 Å². The SMILES string of the molecule is Cc1ccc2[nH]c(C3CCCC[C@H](Cc4ccc(F)cc4)C3)cc2c1. The predicted octanol–water partition coefficient (Wildman–Crippen LogP) is 6.52. The van der Waals surface area contributed by atoms with E-state index in [0.29, 0.717) is 11.8 Å². The van der Waals surface area contributed by atoms with Gasteiger partial charge in [-0.2, -0.15) is 0 Å². The summed E-state index contributed by atoms with van der Waals surface area (Å²) in [6.07, 6.45) is 7.46. The van der Waals surface area contributed by atoms with Gasteiger partial charge in [-0.05, 0) is 79.3 Å². The highest BCUT2D eigenvalue weighted by atomic mass is 19.1. The number of rotatable bonds is 3. The standard InChI is InChI=1S/C23H26FN/c1-16-6-11-22-20(12-16)15-23(25-22)19-5-3-2-4-18(14-19)13-17-7-9-21(24)10-8-17/h6-12,15,18-19,25H,2-5,13-14H2,1H3/t18-,19?/m1/s1. The van der Waals surface area contributed by atoms with E-state index in [4.69, 9.17) is 0 Å². The number of nitrogens with one attached hydrogen (secondary N) is 1. The summed E-state index contributed by atoms with van der Waals surface area (Å²) < 4.78 is 13.1. The normalized spacial score (nSPS) is 21.4. The maximum absolute atomic E-state index is 13.1. The molecular weight excluding hydrogens is 309 g/mol. The Kier molecular flexibility index (Phi) is 4.61. The third kappa shape index (κ3) is 3.78. The van der Waals surface area contributed by atoms with E-state index in [-0.39, 0.29) is 5.82 Å². The van der Waals surface area contributed by atoms with E-state index >= 15 is 0 Å². The van der Waals surface area contributed by atoms with Crippen molar-refractivity contribution >= 4 is 10.9 Å². The fourth-order valence-electron chi connectivity index (χ4n) is 4.38. The van der Waals surface area contributed by atoms with Crippen LogP contribution < -0.4 is 0 Å². The smallest absolute Gasteiger partial charge is 0.123 e. The van der Waals surface area contributed by atoms with Gasteiger partial charge in [-0.3, -0.25) is 0 Å². The van der Waals surface area contributed by atoms with Crippen LogP contribution in [-0.4, -0.2) is 4.98 Å². The minimum atomic E-state index is -0.143. The van der Waals surface area contributed by atoms with E-state index < -0.39 is 0 Å². The van der Waals surface area contributed by atoms with Gasteiger partial charge in [-0.25, -0.2) is 4.39 Å². The lowest BCUT2D eigenvalue weighted by atomic mass is 9.87. The predicted molar refractivity (Wildman–Crippen MR) is 102 cm³/mol. The van der Waals surface area contributed by atoms with Gasteiger partial charge in [0.15, 0.2) is 0 Å². The Hall–Kier alpha value is -2.09. The van der Waals surface area contributed by atoms with E-state index in [1.165, 1.54) is 59.8 Å². The van der Waals surface area contributed by atoms with Crippen LogP contribution in [0.1, 0.15) is 54.8 Å². The second kappa shape index (κ2) is 7.03. The summed E-state index contributed by atoms with van der Waals surface area (Å²) in [5, 5.41) is 1.33. The molecule has 1 fully saturated rings. The lowest BCUT2D eigenvalue weighted by Gasteiger charge is -2.19. The van der Waals surface area contributed by atoms with Crippen LogP contribution >= 0.6 is 0 Å². The zero-order valence-corrected chi connectivity index (χ0v) is 14.9. The molecule has 1 nitrogen and oxygen atoms in total. The van der Waals surface area contributed by atoms with E-state index in [0.717, 1.165) is 6.42 Å². The first-order valence-corrected chi connectivity index (χ1v) is 9.51. The molecule has 1 aliphatic carbocycles. The molecule has 1 aliphatic rings. The van der Waals surface area contributed by atoms with E-state index in [9.17, 15) is 4.39 Å². The Morgan fingerprint density at radius 3 is 2.64 bits per heavy atom. The van der Waals surface area contributed by atoms with Crippen molar-refractivity contribution in [2.75, 3.05) is 0 Å². The Labute approximate surface area is 149 Å². The number of hydrogen-bond donors (Lipinski definition) is 1. The molecular formula is C23H26FN. The lowest BCUT2D eigenvalue weighted by molar-refractivity contribution is 0.429. The molecule has 0 radical (unpaired) electrons. The number of hydrogen-bond acceptors (Lipinski definition) is 0. The molecule has 0 spiro atoms. The van der Waals surface area contributed by atoms with Crippen molar-refractivity contribution in [2.45, 2.75) is 51.4 Å². The number of H-pyrrole nitrogens is 1. The van der Waals surface area contributed by atoms with Crippen LogP contribution in [0.5, 0.6) is 0 Å². The highest BCUT2D eigenvalue weighted by Crippen LogP contribution is 2.37. The van der Waals surface area contributed by atoms with Crippen molar-refractivity contribution in [3.8, 4) is 0 Å². The van der Waals surface area contributed by atoms with E-state index in [1.54, 1.807) is 12.1 Å². The molecule has 0 aliphatic heterocycles. The van der Waals surface area contributed by atoms with Gasteiger partial charge in [-0.15, -0.1) is 0 Å². The van der Waals surface area contributed by atoms with E-state index in [2.05, 4.69) is 36.2 Å². The van der Waals surface area contributed by atoms with Crippen LogP contribution in [0.25, 0.3) is 10.9 Å². The number of halogens is 1. The number of aromatic amines is 1. The molecule has 0 amide bonds. The monoisotopic (exact) mass is 335 g/mol. The van der Waals surface area contributed by atoms with E-state index in [1.807, 2.05) is 12.1 Å². The molecule has 1 unspecified atom stereocenters. The third-order valence-corrected chi connectivity index (χ3v) is 5.71. The first kappa shape index (κ1) is 16.4. The van der Waals surface area contributed by atoms with Gasteiger partial charge < -0.3 is 4.98 Å². The molecule has 4 rings (SSSR count). The van der Waals surface area contributed by atoms with Crippen LogP contribution in [0, 0.1) is 18.7 Å². The first-order valence-electron chi connectivity index (χ1n) is 9.51. The Morgan fingerprint density at radius 2 is 1.80 bits per heavy atom. The minimum Gasteiger partial charge on any atom is -0.358 e. The number of aryl methyl sites for hydroxylation is 1. The Bertz CT molecular complexity index is 846. The maximum Gasteiger partial charge on any atom is 0.123 e. The molecule has 1 heterocycles. The molecule has 3 aromatic rings. The average molecular weight is 335 g/mol. The van der Waals surface area contributed by atoms with Crippen molar-refractivity contribution in [2.24, 2.45) is 5.92 Å². The van der Waals surface area contributed by atoms with Crippen molar-refractivity contribution in [1.82, 2.24) is 4.98 Å². The summed E-state index contributed by atoms with van der Waals surface area (Å²) in [5.41, 5.74) is 5.22. The fourth-order valence-corrected chi connectivity index (χ4v) is 4.38. The highest BCUT2D eigenvalue weighted by molar-refractivity contribution is 5.81. The molecule has 1 aromatic heterocycles. The third-order valence-electron chi connectivity index (χ3n) is 5.71. The summed E-state index contributed by atoms with van der Waals surface area (Å²) in [6.45, 7) is 2.15. The summed E-state index contributed by atoms with van der Waals surface area (Å²) in [5.74, 6) is 1.16. The molecule has 2 heteroatoms. The molecule has 0 bridgehead atoms. The Morgan fingerprint density at radius 1 is 1.00 bits per heavy atom. The van der Waals surface area contributed by atoms with Gasteiger partial charge in [0, 0.05) is 11.2 Å². The zero-order chi connectivity index (χ0) is 17.2. The summed E-state index contributed by atoms with van der Waals surface area (Å²) >= 11 is 0. The fraction of sp³-hybridized carbons (Fsp3) is 0.391. The topological polar surface area (TPSA) is 15.8 Å². The largest absolute Gasteiger partial charge is 0.358 e. The average Bonchev–Trinajstić information content (AvgIpc) is 2.88. The quantitative estimate of drug-likeness (QED) is 0.524. The number of fused-ring (bicyclic) bond motifs is 1. The summed E-state index contributed by atoms with van der Waals surface area (Å²) in [6, 6.07) is 16.1. The molecule has 0 saturated heterocycles. The summed E-state index contributed by atoms with van der Waals surface area (Å²) in [7, 11) is 0. The molecule has 1 N–H and O–H groups in total. The number of benzene rings is 2. The van der Waals surface area contributed by atoms with Crippen LogP contribution in [0.2, 0.25) is 0 Å². The Balaban J connectivity index is 1.53. The van der Waals surface area contributed by atoms with Gasteiger partial charge in [0.05, 0.1) is 0 Å². The van der Waals surface area contributed by atoms with Gasteiger partial charge in [0.1, 0.15) is 5.82 Å². The van der Waals surface area contributed by atoms with Crippen molar-refractivity contribution in [3.63, 3.8) is 0 Å². The van der Waals surface area contributed by atoms with Gasteiger partial charge in [0.25, 0.3) is 0 Å². The van der Waals surface area contributed by atoms with Gasteiger partial charge in [-0.1, -0.05) is 43.0 Å². The molecule has 25 heavy (non-hydrogen) atoms. The maximum atomic E-state index is 13.1.